The summed E-state index contributed by atoms with van der Waals surface area (Å²) in [5, 5.41) is 2.67. The van der Waals surface area contributed by atoms with E-state index in [9.17, 15) is 9.59 Å². The normalized spacial score (nSPS) is 10.6. The molecule has 0 radical (unpaired) electrons. The van der Waals surface area contributed by atoms with Gasteiger partial charge in [0, 0.05) is 17.7 Å². The highest BCUT2D eigenvalue weighted by molar-refractivity contribution is 6.01. The molecular weight excluding hydrogens is 334 g/mol. The summed E-state index contributed by atoms with van der Waals surface area (Å²) in [4.78, 5) is 27.1. The van der Waals surface area contributed by atoms with Crippen LogP contribution in [0.4, 0.5) is 5.69 Å². The summed E-state index contributed by atoms with van der Waals surface area (Å²) in [5.74, 6) is 0.484. The van der Waals surface area contributed by atoms with Crippen molar-refractivity contribution in [1.82, 2.24) is 4.98 Å². The minimum absolute atomic E-state index is 0.314. The standard InChI is InChI=1S/C19H15N3O4/c20-19(24)13-3-1-4-16(11-13)26-18-9-6-14(12-21-18)22-17(23)8-7-15-5-2-10-25-15/h1-12H,(H2,20,24)(H,22,23)/b8-7+. The van der Waals surface area contributed by atoms with E-state index in [0.717, 1.165) is 0 Å². The molecule has 26 heavy (non-hydrogen) atoms. The number of pyridine rings is 1. The molecule has 0 aliphatic rings. The number of carbonyl (C=O) groups excluding carboxylic acids is 2. The molecule has 0 unspecified atom stereocenters. The molecule has 0 saturated heterocycles. The predicted molar refractivity (Wildman–Crippen MR) is 95.6 cm³/mol. The summed E-state index contributed by atoms with van der Waals surface area (Å²) in [6.07, 6.45) is 5.91. The van der Waals surface area contributed by atoms with E-state index in [0.29, 0.717) is 28.6 Å². The van der Waals surface area contributed by atoms with Crippen molar-refractivity contribution in [3.05, 3.63) is 78.4 Å². The van der Waals surface area contributed by atoms with E-state index in [-0.39, 0.29) is 5.91 Å². The van der Waals surface area contributed by atoms with Gasteiger partial charge in [-0.1, -0.05) is 6.07 Å². The highest BCUT2D eigenvalue weighted by atomic mass is 16.5. The molecule has 2 heterocycles. The Hall–Kier alpha value is -3.87. The van der Waals surface area contributed by atoms with Crippen molar-refractivity contribution in [2.75, 3.05) is 5.32 Å². The van der Waals surface area contributed by atoms with Gasteiger partial charge in [-0.25, -0.2) is 4.98 Å². The number of amides is 2. The number of hydrogen-bond donors (Lipinski definition) is 2. The van der Waals surface area contributed by atoms with Crippen molar-refractivity contribution in [3.8, 4) is 11.6 Å². The summed E-state index contributed by atoms with van der Waals surface area (Å²) in [5.41, 5.74) is 6.09. The first-order valence-electron chi connectivity index (χ1n) is 7.66. The topological polar surface area (TPSA) is 107 Å². The van der Waals surface area contributed by atoms with Crippen LogP contribution in [0.2, 0.25) is 0 Å². The Kier molecular flexibility index (Phi) is 5.09. The van der Waals surface area contributed by atoms with Gasteiger partial charge in [-0.05, 0) is 42.5 Å². The minimum atomic E-state index is -0.538. The monoisotopic (exact) mass is 349 g/mol. The van der Waals surface area contributed by atoms with E-state index in [2.05, 4.69) is 10.3 Å². The van der Waals surface area contributed by atoms with Crippen molar-refractivity contribution in [2.24, 2.45) is 5.73 Å². The molecule has 0 fully saturated rings. The Morgan fingerprint density at radius 2 is 2.04 bits per heavy atom. The molecule has 3 aromatic rings. The van der Waals surface area contributed by atoms with Gasteiger partial charge >= 0.3 is 0 Å². The molecular formula is C19H15N3O4. The van der Waals surface area contributed by atoms with Gasteiger partial charge in [0.1, 0.15) is 11.5 Å². The maximum atomic E-state index is 11.8. The Morgan fingerprint density at radius 3 is 2.73 bits per heavy atom. The van der Waals surface area contributed by atoms with Crippen LogP contribution in [-0.4, -0.2) is 16.8 Å². The summed E-state index contributed by atoms with van der Waals surface area (Å²) in [6.45, 7) is 0. The lowest BCUT2D eigenvalue weighted by Gasteiger charge is -2.07. The second-order valence-electron chi connectivity index (χ2n) is 5.22. The molecule has 0 aliphatic carbocycles. The van der Waals surface area contributed by atoms with Gasteiger partial charge in [-0.15, -0.1) is 0 Å². The molecule has 0 aliphatic heterocycles. The van der Waals surface area contributed by atoms with Crippen LogP contribution in [0, 0.1) is 0 Å². The van der Waals surface area contributed by atoms with Gasteiger partial charge < -0.3 is 20.2 Å². The van der Waals surface area contributed by atoms with Crippen molar-refractivity contribution < 1.29 is 18.7 Å². The molecule has 0 saturated carbocycles. The molecule has 1 aromatic carbocycles. The number of hydrogen-bond acceptors (Lipinski definition) is 5. The number of rotatable bonds is 6. The number of carbonyl (C=O) groups is 2. The van der Waals surface area contributed by atoms with Gasteiger partial charge in [0.05, 0.1) is 18.1 Å². The van der Waals surface area contributed by atoms with E-state index in [1.807, 2.05) is 0 Å². The first-order valence-corrected chi connectivity index (χ1v) is 7.66. The average molecular weight is 349 g/mol. The summed E-state index contributed by atoms with van der Waals surface area (Å²) in [7, 11) is 0. The molecule has 2 amide bonds. The molecule has 0 atom stereocenters. The zero-order valence-electron chi connectivity index (χ0n) is 13.6. The Labute approximate surface area is 149 Å². The van der Waals surface area contributed by atoms with Crippen molar-refractivity contribution in [1.29, 1.82) is 0 Å². The smallest absolute Gasteiger partial charge is 0.248 e. The fourth-order valence-electron chi connectivity index (χ4n) is 2.08. The number of benzene rings is 1. The van der Waals surface area contributed by atoms with Gasteiger partial charge in [0.25, 0.3) is 0 Å². The third kappa shape index (κ3) is 4.57. The number of ether oxygens (including phenoxy) is 1. The zero-order valence-corrected chi connectivity index (χ0v) is 13.6. The number of aromatic nitrogens is 1. The predicted octanol–water partition coefficient (Wildman–Crippen LogP) is 3.22. The molecule has 0 spiro atoms. The maximum absolute atomic E-state index is 11.8. The van der Waals surface area contributed by atoms with Crippen molar-refractivity contribution in [2.45, 2.75) is 0 Å². The van der Waals surface area contributed by atoms with Gasteiger partial charge in [0.2, 0.25) is 17.7 Å². The number of anilines is 1. The van der Waals surface area contributed by atoms with E-state index in [1.165, 1.54) is 24.6 Å². The molecule has 3 rings (SSSR count). The third-order valence-electron chi connectivity index (χ3n) is 3.29. The van der Waals surface area contributed by atoms with E-state index in [4.69, 9.17) is 14.9 Å². The molecule has 7 nitrogen and oxygen atoms in total. The lowest BCUT2D eigenvalue weighted by molar-refractivity contribution is -0.111. The Balaban J connectivity index is 1.60. The largest absolute Gasteiger partial charge is 0.465 e. The fourth-order valence-corrected chi connectivity index (χ4v) is 2.08. The lowest BCUT2D eigenvalue weighted by Crippen LogP contribution is -2.10. The summed E-state index contributed by atoms with van der Waals surface area (Å²) in [6, 6.07) is 13.2. The highest BCUT2D eigenvalue weighted by Gasteiger charge is 2.05. The number of primary amides is 1. The summed E-state index contributed by atoms with van der Waals surface area (Å²) < 4.78 is 10.7. The van der Waals surface area contributed by atoms with Crippen LogP contribution in [-0.2, 0) is 4.79 Å². The van der Waals surface area contributed by atoms with Crippen LogP contribution in [0.25, 0.3) is 6.08 Å². The van der Waals surface area contributed by atoms with Crippen LogP contribution in [0.1, 0.15) is 16.1 Å². The highest BCUT2D eigenvalue weighted by Crippen LogP contribution is 2.21. The van der Waals surface area contributed by atoms with Crippen LogP contribution in [0.3, 0.4) is 0 Å². The van der Waals surface area contributed by atoms with E-state index in [1.54, 1.807) is 48.5 Å². The fraction of sp³-hybridized carbons (Fsp3) is 0. The SMILES string of the molecule is NC(=O)c1cccc(Oc2ccc(NC(=O)/C=C/c3ccco3)cn2)c1. The second-order valence-corrected chi connectivity index (χ2v) is 5.22. The molecule has 0 bridgehead atoms. The molecule has 7 heteroatoms. The lowest BCUT2D eigenvalue weighted by atomic mass is 10.2. The first-order chi connectivity index (χ1) is 12.6. The molecule has 130 valence electrons. The van der Waals surface area contributed by atoms with E-state index < -0.39 is 5.91 Å². The van der Waals surface area contributed by atoms with Gasteiger partial charge in [-0.3, -0.25) is 9.59 Å². The summed E-state index contributed by atoms with van der Waals surface area (Å²) >= 11 is 0. The number of nitrogens with zero attached hydrogens (tertiary/aromatic N) is 1. The van der Waals surface area contributed by atoms with Crippen LogP contribution in [0.15, 0.2) is 71.5 Å². The van der Waals surface area contributed by atoms with Crippen molar-refractivity contribution >= 4 is 23.6 Å². The van der Waals surface area contributed by atoms with Crippen molar-refractivity contribution in [3.63, 3.8) is 0 Å². The van der Waals surface area contributed by atoms with Crippen LogP contribution in [0.5, 0.6) is 11.6 Å². The van der Waals surface area contributed by atoms with E-state index >= 15 is 0 Å². The number of furan rings is 1. The molecule has 3 N–H and O–H groups in total. The maximum Gasteiger partial charge on any atom is 0.248 e. The molecule has 2 aromatic heterocycles. The van der Waals surface area contributed by atoms with Crippen LogP contribution >= 0.6 is 0 Å². The van der Waals surface area contributed by atoms with Gasteiger partial charge in [0.15, 0.2) is 0 Å². The second kappa shape index (κ2) is 7.80. The number of nitrogens with two attached hydrogens (primary N) is 1. The average Bonchev–Trinajstić information content (AvgIpc) is 3.15. The van der Waals surface area contributed by atoms with Crippen LogP contribution < -0.4 is 15.8 Å². The minimum Gasteiger partial charge on any atom is -0.465 e. The Bertz CT molecular complexity index is 932. The number of nitrogens with one attached hydrogen (secondary N) is 1. The zero-order chi connectivity index (χ0) is 18.4. The quantitative estimate of drug-likeness (QED) is 0.664. The van der Waals surface area contributed by atoms with Gasteiger partial charge in [-0.2, -0.15) is 0 Å². The third-order valence-corrected chi connectivity index (χ3v) is 3.29. The Morgan fingerprint density at radius 1 is 1.15 bits per heavy atom. The first kappa shape index (κ1) is 17.0.